The zero-order chi connectivity index (χ0) is 14.3. The van der Waals surface area contributed by atoms with Crippen LogP contribution >= 0.6 is 12.4 Å². The van der Waals surface area contributed by atoms with Crippen LogP contribution in [-0.4, -0.2) is 31.9 Å². The highest BCUT2D eigenvalue weighted by molar-refractivity contribution is 7.89. The first kappa shape index (κ1) is 16.7. The summed E-state index contributed by atoms with van der Waals surface area (Å²) in [4.78, 5) is 0.406. The molecule has 3 atom stereocenters. The predicted octanol–water partition coefficient (Wildman–Crippen LogP) is 2.03. The Bertz CT molecular complexity index is 588. The Morgan fingerprint density at radius 3 is 2.43 bits per heavy atom. The van der Waals surface area contributed by atoms with E-state index in [2.05, 4.69) is 6.92 Å². The maximum Gasteiger partial charge on any atom is 0.243 e. The molecule has 4 nitrogen and oxygen atoms in total. The lowest BCUT2D eigenvalue weighted by molar-refractivity contribution is 0.427. The molecule has 0 spiro atoms. The van der Waals surface area contributed by atoms with Gasteiger partial charge in [-0.1, -0.05) is 19.1 Å². The minimum Gasteiger partial charge on any atom is -0.327 e. The first-order chi connectivity index (χ1) is 9.52. The molecule has 1 saturated heterocycles. The van der Waals surface area contributed by atoms with Crippen LogP contribution in [0, 0.1) is 11.8 Å². The Morgan fingerprint density at radius 1 is 1.19 bits per heavy atom. The van der Waals surface area contributed by atoms with Crippen LogP contribution in [0.2, 0.25) is 0 Å². The van der Waals surface area contributed by atoms with E-state index in [1.54, 1.807) is 16.4 Å². The fourth-order valence-electron chi connectivity index (χ4n) is 3.51. The van der Waals surface area contributed by atoms with Gasteiger partial charge in [-0.3, -0.25) is 0 Å². The molecule has 0 radical (unpaired) electrons. The van der Waals surface area contributed by atoms with E-state index in [0.29, 0.717) is 29.8 Å². The van der Waals surface area contributed by atoms with Gasteiger partial charge in [0.1, 0.15) is 0 Å². The molecule has 3 rings (SSSR count). The molecule has 1 aromatic rings. The number of hydrogen-bond acceptors (Lipinski definition) is 3. The van der Waals surface area contributed by atoms with E-state index in [1.807, 2.05) is 12.1 Å². The maximum atomic E-state index is 12.7. The van der Waals surface area contributed by atoms with Crippen molar-refractivity contribution in [2.75, 3.05) is 13.1 Å². The number of hydrogen-bond donors (Lipinski definition) is 1. The van der Waals surface area contributed by atoms with Crippen LogP contribution in [0.3, 0.4) is 0 Å². The molecular formula is C15H23ClN2O2S. The molecule has 3 unspecified atom stereocenters. The Hall–Kier alpha value is -0.620. The zero-order valence-corrected chi connectivity index (χ0v) is 13.9. The normalized spacial score (nSPS) is 29.1. The monoisotopic (exact) mass is 330 g/mol. The van der Waals surface area contributed by atoms with Crippen LogP contribution in [0.4, 0.5) is 0 Å². The number of nitrogens with two attached hydrogens (primary N) is 1. The molecular weight excluding hydrogens is 308 g/mol. The summed E-state index contributed by atoms with van der Waals surface area (Å²) in [6, 6.07) is 7.41. The first-order valence-corrected chi connectivity index (χ1v) is 8.81. The molecule has 1 saturated carbocycles. The van der Waals surface area contributed by atoms with Crippen molar-refractivity contribution in [2.24, 2.45) is 17.6 Å². The number of rotatable bonds is 3. The third-order valence-corrected chi connectivity index (χ3v) is 6.69. The molecule has 1 heterocycles. The number of halogens is 1. The lowest BCUT2D eigenvalue weighted by Crippen LogP contribution is -2.33. The summed E-state index contributed by atoms with van der Waals surface area (Å²) in [5.41, 5.74) is 7.24. The van der Waals surface area contributed by atoms with Gasteiger partial charge in [-0.15, -0.1) is 12.4 Å². The van der Waals surface area contributed by atoms with Gasteiger partial charge in [0.05, 0.1) is 4.90 Å². The minimum absolute atomic E-state index is 0. The van der Waals surface area contributed by atoms with Crippen molar-refractivity contribution in [3.63, 3.8) is 0 Å². The summed E-state index contributed by atoms with van der Waals surface area (Å²) in [6.07, 6.45) is 3.02. The number of aryl methyl sites for hydroxylation is 1. The molecule has 0 aromatic heterocycles. The van der Waals surface area contributed by atoms with Crippen molar-refractivity contribution >= 4 is 22.4 Å². The summed E-state index contributed by atoms with van der Waals surface area (Å²) in [6.45, 7) is 3.28. The van der Waals surface area contributed by atoms with Crippen molar-refractivity contribution in [1.82, 2.24) is 4.31 Å². The molecule has 1 aliphatic heterocycles. The van der Waals surface area contributed by atoms with Gasteiger partial charge < -0.3 is 5.73 Å². The van der Waals surface area contributed by atoms with Crippen molar-refractivity contribution in [3.05, 3.63) is 29.8 Å². The number of nitrogens with zero attached hydrogens (tertiary/aromatic N) is 1. The smallest absolute Gasteiger partial charge is 0.243 e. The average Bonchev–Trinajstić information content (AvgIpc) is 3.02. The molecule has 2 fully saturated rings. The Labute approximate surface area is 133 Å². The third kappa shape index (κ3) is 2.97. The minimum atomic E-state index is -3.35. The van der Waals surface area contributed by atoms with E-state index >= 15 is 0 Å². The van der Waals surface area contributed by atoms with Gasteiger partial charge in [0.25, 0.3) is 0 Å². The zero-order valence-electron chi connectivity index (χ0n) is 12.2. The molecule has 6 heteroatoms. The molecule has 2 N–H and O–H groups in total. The van der Waals surface area contributed by atoms with Gasteiger partial charge in [-0.2, -0.15) is 4.31 Å². The molecule has 21 heavy (non-hydrogen) atoms. The molecule has 2 aliphatic rings. The number of sulfonamides is 1. The summed E-state index contributed by atoms with van der Waals surface area (Å²) in [7, 11) is -3.35. The fraction of sp³-hybridized carbons (Fsp3) is 0.600. The third-order valence-electron chi connectivity index (χ3n) is 4.85. The topological polar surface area (TPSA) is 63.4 Å². The summed E-state index contributed by atoms with van der Waals surface area (Å²) in [5.74, 6) is 0.800. The highest BCUT2D eigenvalue weighted by atomic mass is 35.5. The van der Waals surface area contributed by atoms with Gasteiger partial charge in [0.15, 0.2) is 0 Å². The second-order valence-corrected chi connectivity index (χ2v) is 7.92. The van der Waals surface area contributed by atoms with E-state index in [4.69, 9.17) is 5.73 Å². The maximum absolute atomic E-state index is 12.7. The molecule has 1 aromatic carbocycles. The second-order valence-electron chi connectivity index (χ2n) is 5.98. The largest absolute Gasteiger partial charge is 0.327 e. The molecule has 118 valence electrons. The van der Waals surface area contributed by atoms with Crippen LogP contribution < -0.4 is 5.73 Å². The lowest BCUT2D eigenvalue weighted by Gasteiger charge is -2.18. The number of fused-ring (bicyclic) bond motifs is 1. The summed E-state index contributed by atoms with van der Waals surface area (Å²) < 4.78 is 26.9. The van der Waals surface area contributed by atoms with Gasteiger partial charge in [-0.25, -0.2) is 8.42 Å². The van der Waals surface area contributed by atoms with Crippen LogP contribution in [-0.2, 0) is 16.4 Å². The van der Waals surface area contributed by atoms with Gasteiger partial charge in [0.2, 0.25) is 10.0 Å². The second kappa shape index (κ2) is 6.24. The number of benzene rings is 1. The summed E-state index contributed by atoms with van der Waals surface area (Å²) >= 11 is 0. The van der Waals surface area contributed by atoms with Crippen LogP contribution in [0.15, 0.2) is 29.2 Å². The van der Waals surface area contributed by atoms with Gasteiger partial charge >= 0.3 is 0 Å². The van der Waals surface area contributed by atoms with E-state index in [0.717, 1.165) is 24.8 Å². The van der Waals surface area contributed by atoms with Crippen LogP contribution in [0.1, 0.15) is 25.3 Å². The van der Waals surface area contributed by atoms with Crippen molar-refractivity contribution in [1.29, 1.82) is 0 Å². The van der Waals surface area contributed by atoms with E-state index < -0.39 is 10.0 Å². The fourth-order valence-corrected chi connectivity index (χ4v) is 5.04. The Balaban J connectivity index is 0.00000161. The molecule has 1 aliphatic carbocycles. The van der Waals surface area contributed by atoms with Crippen molar-refractivity contribution in [2.45, 2.75) is 37.1 Å². The average molecular weight is 331 g/mol. The SMILES string of the molecule is CCc1ccc(S(=O)(=O)N2CC3CCC(N)C3C2)cc1.Cl. The predicted molar refractivity (Wildman–Crippen MR) is 86.0 cm³/mol. The van der Waals surface area contributed by atoms with E-state index in [1.165, 1.54) is 0 Å². The van der Waals surface area contributed by atoms with Crippen molar-refractivity contribution < 1.29 is 8.42 Å². The van der Waals surface area contributed by atoms with E-state index in [9.17, 15) is 8.42 Å². The Morgan fingerprint density at radius 2 is 1.86 bits per heavy atom. The highest BCUT2D eigenvalue weighted by Crippen LogP contribution is 2.39. The molecule has 0 amide bonds. The van der Waals surface area contributed by atoms with Gasteiger partial charge in [-0.05, 0) is 48.8 Å². The van der Waals surface area contributed by atoms with Crippen LogP contribution in [0.5, 0.6) is 0 Å². The first-order valence-electron chi connectivity index (χ1n) is 7.37. The standard InChI is InChI=1S/C15H22N2O2S.ClH/c1-2-11-3-6-13(7-4-11)20(18,19)17-9-12-5-8-15(16)14(12)10-17;/h3-4,6-7,12,14-15H,2,5,8-10,16H2,1H3;1H. The van der Waals surface area contributed by atoms with Crippen LogP contribution in [0.25, 0.3) is 0 Å². The summed E-state index contributed by atoms with van der Waals surface area (Å²) in [5, 5.41) is 0. The van der Waals surface area contributed by atoms with Crippen molar-refractivity contribution in [3.8, 4) is 0 Å². The van der Waals surface area contributed by atoms with Gasteiger partial charge in [0, 0.05) is 19.1 Å². The van der Waals surface area contributed by atoms with E-state index in [-0.39, 0.29) is 18.4 Å². The lowest BCUT2D eigenvalue weighted by atomic mass is 9.98. The quantitative estimate of drug-likeness (QED) is 0.922. The Kier molecular flexibility index (Phi) is 4.98. The highest BCUT2D eigenvalue weighted by Gasteiger charge is 2.44. The molecule has 0 bridgehead atoms.